The summed E-state index contributed by atoms with van der Waals surface area (Å²) in [7, 11) is 0. The van der Waals surface area contributed by atoms with Crippen LogP contribution in [-0.2, 0) is 19.1 Å². The summed E-state index contributed by atoms with van der Waals surface area (Å²) in [5.41, 5.74) is 0.0813. The van der Waals surface area contributed by atoms with Crippen LogP contribution in [0.1, 0.15) is 76.7 Å². The minimum absolute atomic E-state index is 0.0147. The number of benzene rings is 1. The molecule has 1 aliphatic heterocycles. The Labute approximate surface area is 258 Å². The highest BCUT2D eigenvalue weighted by Crippen LogP contribution is 2.25. The zero-order chi connectivity index (χ0) is 31.7. The summed E-state index contributed by atoms with van der Waals surface area (Å²) in [6.07, 6.45) is 3.51. The Morgan fingerprint density at radius 2 is 1.64 bits per heavy atom. The molecule has 2 aliphatic rings. The fourth-order valence-corrected chi connectivity index (χ4v) is 5.18. The van der Waals surface area contributed by atoms with Gasteiger partial charge >= 0.3 is 12.1 Å². The van der Waals surface area contributed by atoms with Gasteiger partial charge in [0.2, 0.25) is 11.8 Å². The van der Waals surface area contributed by atoms with Crippen LogP contribution in [-0.4, -0.2) is 94.2 Å². The molecule has 4 rings (SSSR count). The van der Waals surface area contributed by atoms with Crippen molar-refractivity contribution in [1.82, 2.24) is 25.1 Å². The summed E-state index contributed by atoms with van der Waals surface area (Å²) >= 11 is 0. The van der Waals surface area contributed by atoms with Gasteiger partial charge in [-0.15, -0.1) is 0 Å². The Morgan fingerprint density at radius 3 is 2.27 bits per heavy atom. The molecular formula is C32H43N5O7. The molecule has 1 N–H and O–H groups in total. The van der Waals surface area contributed by atoms with Crippen LogP contribution in [0.2, 0.25) is 0 Å². The Bertz CT molecular complexity index is 1300. The second kappa shape index (κ2) is 15.0. The van der Waals surface area contributed by atoms with E-state index < -0.39 is 29.6 Å². The number of nitrogens with one attached hydrogen (secondary N) is 1. The maximum atomic E-state index is 13.7. The zero-order valence-corrected chi connectivity index (χ0v) is 26.0. The van der Waals surface area contributed by atoms with Crippen molar-refractivity contribution in [3.63, 3.8) is 0 Å². The first-order valence-corrected chi connectivity index (χ1v) is 15.4. The minimum atomic E-state index is -1.03. The number of rotatable bonds is 10. The van der Waals surface area contributed by atoms with Gasteiger partial charge in [-0.3, -0.25) is 14.4 Å². The summed E-state index contributed by atoms with van der Waals surface area (Å²) in [5.74, 6) is -0.795. The van der Waals surface area contributed by atoms with Crippen LogP contribution in [0.15, 0.2) is 36.4 Å². The van der Waals surface area contributed by atoms with E-state index >= 15 is 0 Å². The molecule has 2 heterocycles. The van der Waals surface area contributed by atoms with Crippen LogP contribution >= 0.6 is 0 Å². The van der Waals surface area contributed by atoms with E-state index in [1.807, 2.05) is 30.3 Å². The van der Waals surface area contributed by atoms with Gasteiger partial charge in [0.1, 0.15) is 23.4 Å². The second-order valence-corrected chi connectivity index (χ2v) is 12.0. The molecule has 1 atom stereocenters. The fraction of sp³-hybridized carbons (Fsp3) is 0.562. The molecule has 1 saturated heterocycles. The van der Waals surface area contributed by atoms with Gasteiger partial charge in [-0.2, -0.15) is 4.98 Å². The van der Waals surface area contributed by atoms with Gasteiger partial charge in [-0.05, 0) is 59.8 Å². The van der Waals surface area contributed by atoms with Gasteiger partial charge in [0.05, 0.1) is 6.61 Å². The molecule has 12 nitrogen and oxygen atoms in total. The Morgan fingerprint density at radius 1 is 0.977 bits per heavy atom. The first kappa shape index (κ1) is 32.7. The number of amides is 3. The van der Waals surface area contributed by atoms with E-state index in [4.69, 9.17) is 14.2 Å². The lowest BCUT2D eigenvalue weighted by atomic mass is 10.1. The number of carbonyl (C=O) groups is 4. The molecule has 2 aromatic rings. The first-order valence-electron chi connectivity index (χ1n) is 15.4. The number of esters is 1. The van der Waals surface area contributed by atoms with Crippen LogP contribution in [0.3, 0.4) is 0 Å². The summed E-state index contributed by atoms with van der Waals surface area (Å²) < 4.78 is 16.7. The SMILES string of the molecule is CCOC(=O)N1CCN(C(=O)[C@H](CCC(=O)OC(C)(C)C)NC(=O)c2cc(OC3CCCC3)nc(-c3ccccc3)n2)CC1. The number of piperazine rings is 1. The molecule has 3 amide bonds. The van der Waals surface area contributed by atoms with Gasteiger partial charge in [0.15, 0.2) is 5.82 Å². The molecule has 0 spiro atoms. The summed E-state index contributed by atoms with van der Waals surface area (Å²) in [4.78, 5) is 64.3. The molecule has 238 valence electrons. The molecule has 0 bridgehead atoms. The number of aromatic nitrogens is 2. The largest absolute Gasteiger partial charge is 0.474 e. The lowest BCUT2D eigenvalue weighted by molar-refractivity contribution is -0.155. The number of hydrogen-bond acceptors (Lipinski definition) is 9. The Balaban J connectivity index is 1.54. The molecule has 44 heavy (non-hydrogen) atoms. The molecule has 2 fully saturated rings. The normalized spacial score (nSPS) is 16.3. The number of hydrogen-bond donors (Lipinski definition) is 1. The van der Waals surface area contributed by atoms with E-state index in [0.29, 0.717) is 24.8 Å². The van der Waals surface area contributed by atoms with Crippen LogP contribution < -0.4 is 10.1 Å². The third kappa shape index (κ3) is 9.39. The number of carbonyl (C=O) groups excluding carboxylic acids is 4. The highest BCUT2D eigenvalue weighted by molar-refractivity contribution is 5.96. The number of nitrogens with zero attached hydrogens (tertiary/aromatic N) is 4. The monoisotopic (exact) mass is 609 g/mol. The third-order valence-electron chi connectivity index (χ3n) is 7.33. The summed E-state index contributed by atoms with van der Waals surface area (Å²) in [6.45, 7) is 8.42. The van der Waals surface area contributed by atoms with E-state index in [2.05, 4.69) is 15.3 Å². The van der Waals surface area contributed by atoms with Crippen molar-refractivity contribution in [2.45, 2.75) is 84.0 Å². The van der Waals surface area contributed by atoms with Crippen molar-refractivity contribution >= 4 is 23.9 Å². The smallest absolute Gasteiger partial charge is 0.409 e. The predicted molar refractivity (Wildman–Crippen MR) is 162 cm³/mol. The molecule has 12 heteroatoms. The van der Waals surface area contributed by atoms with Gasteiger partial charge in [0.25, 0.3) is 5.91 Å². The highest BCUT2D eigenvalue weighted by Gasteiger charge is 2.32. The van der Waals surface area contributed by atoms with Gasteiger partial charge in [0, 0.05) is 44.2 Å². The first-order chi connectivity index (χ1) is 21.0. The van der Waals surface area contributed by atoms with Crippen LogP contribution in [0.5, 0.6) is 5.88 Å². The maximum absolute atomic E-state index is 13.7. The molecule has 0 unspecified atom stereocenters. The lowest BCUT2D eigenvalue weighted by Gasteiger charge is -2.36. The topological polar surface area (TPSA) is 140 Å². The number of ether oxygens (including phenoxy) is 3. The van der Waals surface area contributed by atoms with Gasteiger partial charge < -0.3 is 29.3 Å². The molecular weight excluding hydrogens is 566 g/mol. The van der Waals surface area contributed by atoms with Crippen molar-refractivity contribution in [2.24, 2.45) is 0 Å². The van der Waals surface area contributed by atoms with Crippen molar-refractivity contribution in [2.75, 3.05) is 32.8 Å². The summed E-state index contributed by atoms with van der Waals surface area (Å²) in [6, 6.07) is 9.75. The van der Waals surface area contributed by atoms with Crippen molar-refractivity contribution in [1.29, 1.82) is 0 Å². The maximum Gasteiger partial charge on any atom is 0.409 e. The molecule has 1 aromatic heterocycles. The van der Waals surface area contributed by atoms with Crippen molar-refractivity contribution < 1.29 is 33.4 Å². The second-order valence-electron chi connectivity index (χ2n) is 12.0. The van der Waals surface area contributed by atoms with E-state index in [1.165, 1.54) is 6.07 Å². The van der Waals surface area contributed by atoms with E-state index in [0.717, 1.165) is 31.2 Å². The highest BCUT2D eigenvalue weighted by atomic mass is 16.6. The lowest BCUT2D eigenvalue weighted by Crippen LogP contribution is -2.56. The molecule has 1 aromatic carbocycles. The van der Waals surface area contributed by atoms with Crippen LogP contribution in [0, 0.1) is 0 Å². The Hall–Kier alpha value is -4.22. The molecule has 1 saturated carbocycles. The van der Waals surface area contributed by atoms with Gasteiger partial charge in [-0.25, -0.2) is 9.78 Å². The molecule has 0 radical (unpaired) electrons. The Kier molecular flexibility index (Phi) is 11.1. The van der Waals surface area contributed by atoms with Crippen LogP contribution in [0.25, 0.3) is 11.4 Å². The average Bonchev–Trinajstić information content (AvgIpc) is 3.51. The van der Waals surface area contributed by atoms with Crippen LogP contribution in [0.4, 0.5) is 4.79 Å². The van der Waals surface area contributed by atoms with E-state index in [9.17, 15) is 19.2 Å². The van der Waals surface area contributed by atoms with E-state index in [-0.39, 0.29) is 50.2 Å². The average molecular weight is 610 g/mol. The van der Waals surface area contributed by atoms with Crippen molar-refractivity contribution in [3.8, 4) is 17.3 Å². The fourth-order valence-electron chi connectivity index (χ4n) is 5.18. The van der Waals surface area contributed by atoms with E-state index in [1.54, 1.807) is 37.5 Å². The summed E-state index contributed by atoms with van der Waals surface area (Å²) in [5, 5.41) is 2.81. The quantitative estimate of drug-likeness (QED) is 0.396. The predicted octanol–water partition coefficient (Wildman–Crippen LogP) is 3.99. The third-order valence-corrected chi connectivity index (χ3v) is 7.33. The standard InChI is InChI=1S/C32H43N5O7/c1-5-42-31(41)37-19-17-36(18-20-37)30(40)24(15-16-27(38)44-32(2,3)4)34-29(39)25-21-26(43-23-13-9-10-14-23)35-28(33-25)22-11-7-6-8-12-22/h6-8,11-12,21,23-24H,5,9-10,13-20H2,1-4H3,(H,34,39)/t24-/m0/s1. The zero-order valence-electron chi connectivity index (χ0n) is 26.0. The van der Waals surface area contributed by atoms with Gasteiger partial charge in [-0.1, -0.05) is 30.3 Å². The molecule has 1 aliphatic carbocycles. The van der Waals surface area contributed by atoms with Crippen molar-refractivity contribution in [3.05, 3.63) is 42.1 Å². The minimum Gasteiger partial charge on any atom is -0.474 e.